The molecular weight excluding hydrogens is 939 g/mol. The number of benzene rings is 3. The topological polar surface area (TPSA) is 52.6 Å². The number of unbranched alkanes of at least 4 members (excludes halogenated alkanes) is 3. The van der Waals surface area contributed by atoms with Gasteiger partial charge in [0.25, 0.3) is 0 Å². The fraction of sp³-hybridized carbons (Fsp3) is 0.652. The molecule has 0 aromatic heterocycles. The van der Waals surface area contributed by atoms with E-state index in [4.69, 9.17) is 13.9 Å². The maximum atomic E-state index is 13.9. The number of carbonyl (C=O) groups excluding carboxylic acids is 2. The van der Waals surface area contributed by atoms with Crippen molar-refractivity contribution in [1.29, 1.82) is 0 Å². The van der Waals surface area contributed by atoms with Crippen molar-refractivity contribution >= 4 is 33.5 Å². The summed E-state index contributed by atoms with van der Waals surface area (Å²) >= 11 is 0. The first-order chi connectivity index (χ1) is 28.8. The van der Waals surface area contributed by atoms with Crippen molar-refractivity contribution in [2.24, 2.45) is 16.7 Å². The Labute approximate surface area is 382 Å². The molecule has 0 N–H and O–H groups in total. The predicted molar refractivity (Wildman–Crippen MR) is 228 cm³/mol. The highest BCUT2D eigenvalue weighted by molar-refractivity contribution is 6.02. The molecule has 0 aliphatic rings. The molecule has 0 aliphatic heterocycles. The van der Waals surface area contributed by atoms with E-state index in [1.807, 2.05) is 20.8 Å². The van der Waals surface area contributed by atoms with E-state index in [0.29, 0.717) is 6.61 Å². The van der Waals surface area contributed by atoms with E-state index < -0.39 is 72.5 Å². The van der Waals surface area contributed by atoms with Crippen LogP contribution in [0.2, 0.25) is 0 Å². The second-order valence-electron chi connectivity index (χ2n) is 15.9. The Morgan fingerprint density at radius 1 is 0.537 bits per heavy atom. The zero-order valence-electron chi connectivity index (χ0n) is 35.0. The summed E-state index contributed by atoms with van der Waals surface area (Å²) in [5, 5.41) is 5.39. The van der Waals surface area contributed by atoms with Crippen molar-refractivity contribution in [3.05, 3.63) is 60.2 Å². The number of hydrogen-bond donors (Lipinski definition) is 0. The van der Waals surface area contributed by atoms with Crippen LogP contribution in [0.25, 0.3) is 21.5 Å². The Morgan fingerprint density at radius 2 is 0.910 bits per heavy atom. The van der Waals surface area contributed by atoms with Crippen molar-refractivity contribution in [3.63, 3.8) is 0 Å². The Balaban J connectivity index is -0.000000544. The molecule has 0 amide bonds. The molecule has 0 saturated heterocycles. The van der Waals surface area contributed by atoms with E-state index >= 15 is 0 Å². The fourth-order valence-corrected chi connectivity index (χ4v) is 5.77. The molecule has 0 heterocycles. The van der Waals surface area contributed by atoms with Gasteiger partial charge in [0, 0.05) is 9.15 Å². The van der Waals surface area contributed by atoms with Crippen LogP contribution in [0.3, 0.4) is 0 Å². The van der Waals surface area contributed by atoms with Crippen LogP contribution in [-0.4, -0.2) is 67.4 Å². The highest BCUT2D eigenvalue weighted by Crippen LogP contribution is 2.61. The largest absolute Gasteiger partial charge is 0.465 e. The van der Waals surface area contributed by atoms with E-state index in [1.165, 1.54) is 47.9 Å². The smallest absolute Gasteiger partial charge is 0.397 e. The van der Waals surface area contributed by atoms with Crippen LogP contribution in [0.5, 0.6) is 0 Å². The molecule has 0 radical (unpaired) electrons. The fourth-order valence-electron chi connectivity index (χ4n) is 5.77. The average Bonchev–Trinajstić information content (AvgIpc) is 3.21. The van der Waals surface area contributed by atoms with Crippen molar-refractivity contribution < 1.29 is 94.1 Å². The van der Waals surface area contributed by atoms with Crippen LogP contribution in [-0.2, 0) is 25.5 Å². The first kappa shape index (κ1) is 69.5. The lowest BCUT2D eigenvalue weighted by Crippen LogP contribution is -2.70. The number of ether oxygens (including phenoxy) is 2. The molecule has 3 rings (SSSR count). The minimum absolute atomic E-state index is 0. The van der Waals surface area contributed by atoms with Crippen LogP contribution < -0.4 is 0 Å². The lowest BCUT2D eigenvalue weighted by Gasteiger charge is -2.41. The predicted octanol–water partition coefficient (Wildman–Crippen LogP) is 17.4. The van der Waals surface area contributed by atoms with Crippen molar-refractivity contribution in [3.8, 4) is 0 Å². The lowest BCUT2D eigenvalue weighted by molar-refractivity contribution is -0.427. The number of carbonyl (C=O) groups is 2. The Bertz CT molecular complexity index is 1860. The maximum absolute atomic E-state index is 13.9. The maximum Gasteiger partial charge on any atom is 0.397 e. The number of alkyl halides is 15. The number of aryl methyl sites for hydroxylation is 1. The minimum Gasteiger partial charge on any atom is -0.465 e. The molecule has 0 bridgehead atoms. The zero-order valence-corrected chi connectivity index (χ0v) is 35.0. The summed E-state index contributed by atoms with van der Waals surface area (Å²) < 4.78 is 223. The molecule has 392 valence electrons. The summed E-state index contributed by atoms with van der Waals surface area (Å²) in [6, 6.07) is 19.7. The monoisotopic (exact) mass is 1000 g/mol. The first-order valence-electron chi connectivity index (χ1n) is 19.4. The third-order valence-electron chi connectivity index (χ3n) is 10.7. The number of fused-ring (bicyclic) bond motifs is 2. The number of halogens is 17. The van der Waals surface area contributed by atoms with Gasteiger partial charge in [0.05, 0.1) is 24.0 Å². The molecule has 0 spiro atoms. The minimum atomic E-state index is -8.09. The molecule has 4 nitrogen and oxygen atoms in total. The average molecular weight is 1000 g/mol. The highest BCUT2D eigenvalue weighted by atomic mass is 20.0. The SMILES string of the molecule is C.C.C.C.CCC(C)(C)C(=O)OCCC(C(F)(F)F)C(F)(F)C(F)(F)C(F)(F)C(F)(F)C(F)(F)C(F)F.CCC(C)(C)C(=O)OCCCCCCc1c2ccccc2cc2ccccc12.FF. The number of esters is 2. The summed E-state index contributed by atoms with van der Waals surface area (Å²) in [6.45, 7) is 8.45. The van der Waals surface area contributed by atoms with Gasteiger partial charge in [-0.1, -0.05) is 105 Å². The summed E-state index contributed by atoms with van der Waals surface area (Å²) in [5.41, 5.74) is -0.309. The third-order valence-corrected chi connectivity index (χ3v) is 10.7. The quantitative estimate of drug-likeness (QED) is 0.0490. The van der Waals surface area contributed by atoms with E-state index in [1.54, 1.807) is 0 Å². The zero-order chi connectivity index (χ0) is 49.0. The van der Waals surface area contributed by atoms with Gasteiger partial charge in [0.15, 0.2) is 0 Å². The number of rotatable bonds is 20. The van der Waals surface area contributed by atoms with E-state index in [2.05, 4.69) is 59.3 Å². The summed E-state index contributed by atoms with van der Waals surface area (Å²) in [7, 11) is 0. The molecular formula is C46H65F17O4. The Hall–Kier alpha value is -4.07. The molecule has 21 heteroatoms. The lowest BCUT2D eigenvalue weighted by atomic mass is 9.85. The van der Waals surface area contributed by atoms with Gasteiger partial charge in [0.1, 0.15) is 5.92 Å². The van der Waals surface area contributed by atoms with Crippen LogP contribution in [0.4, 0.5) is 75.0 Å². The normalized spacial score (nSPS) is 13.0. The Kier molecular flexibility index (Phi) is 28.2. The second kappa shape index (κ2) is 27.2. The van der Waals surface area contributed by atoms with Crippen molar-refractivity contribution in [2.45, 2.75) is 165 Å². The van der Waals surface area contributed by atoms with Gasteiger partial charge < -0.3 is 9.47 Å². The van der Waals surface area contributed by atoms with Gasteiger partial charge in [0.2, 0.25) is 0 Å². The third kappa shape index (κ3) is 16.0. The first-order valence-corrected chi connectivity index (χ1v) is 19.4. The molecule has 0 fully saturated rings. The molecule has 0 aliphatic carbocycles. The summed E-state index contributed by atoms with van der Waals surface area (Å²) in [5.74, 6) is -44.8. The van der Waals surface area contributed by atoms with Gasteiger partial charge in [-0.25, -0.2) is 8.78 Å². The van der Waals surface area contributed by atoms with Gasteiger partial charge in [-0.15, -0.1) is 0 Å². The van der Waals surface area contributed by atoms with E-state index in [-0.39, 0.29) is 47.5 Å². The van der Waals surface area contributed by atoms with Crippen molar-refractivity contribution in [2.75, 3.05) is 13.2 Å². The molecule has 1 unspecified atom stereocenters. The number of hydrogen-bond acceptors (Lipinski definition) is 4. The van der Waals surface area contributed by atoms with Crippen molar-refractivity contribution in [1.82, 2.24) is 0 Å². The molecule has 3 aromatic rings. The van der Waals surface area contributed by atoms with E-state index in [0.717, 1.165) is 38.5 Å². The molecule has 0 saturated carbocycles. The Morgan fingerprint density at radius 3 is 1.30 bits per heavy atom. The van der Waals surface area contributed by atoms with Crippen LogP contribution in [0.1, 0.15) is 122 Å². The van der Waals surface area contributed by atoms with Gasteiger partial charge in [-0.2, -0.15) is 57.1 Å². The highest BCUT2D eigenvalue weighted by Gasteiger charge is 2.89. The van der Waals surface area contributed by atoms with Crippen LogP contribution in [0.15, 0.2) is 54.6 Å². The van der Waals surface area contributed by atoms with Gasteiger partial charge in [-0.3, -0.25) is 9.59 Å². The molecule has 67 heavy (non-hydrogen) atoms. The second-order valence-corrected chi connectivity index (χ2v) is 15.9. The van der Waals surface area contributed by atoms with Crippen LogP contribution >= 0.6 is 0 Å². The summed E-state index contributed by atoms with van der Waals surface area (Å²) in [4.78, 5) is 23.6. The van der Waals surface area contributed by atoms with Gasteiger partial charge in [-0.05, 0) is 99.4 Å². The van der Waals surface area contributed by atoms with E-state index in [9.17, 15) is 75.4 Å². The van der Waals surface area contributed by atoms with Crippen LogP contribution in [0, 0.1) is 16.7 Å². The standard InChI is InChI=1S/C26H32O2.C16H17F15O2.4CH4.F2/c1-4-26(2,3)25(27)28-18-12-6-5-7-17-24-22-15-10-8-13-20(22)19-21-14-9-11-16-23(21)24;1-4-10(2,3)9(32)33-6-5-7(13(23,24)25)11(19,20)14(26,27)16(30,31)15(28,29)12(21,22)8(17)18;;;;;1-2/h8-11,13-16,19H,4-7,12,17-18H2,1-3H3;7-8H,4-6H2,1-3H3;4*1H4;. The molecule has 1 atom stereocenters. The van der Waals surface area contributed by atoms with Gasteiger partial charge >= 0.3 is 54.2 Å². The summed E-state index contributed by atoms with van der Waals surface area (Å²) in [6.07, 6.45) is -8.45. The molecule has 3 aromatic carbocycles.